The molecule has 0 aliphatic heterocycles. The van der Waals surface area contributed by atoms with Gasteiger partial charge in [0.25, 0.3) is 0 Å². The van der Waals surface area contributed by atoms with Crippen LogP contribution in [0.25, 0.3) is 0 Å². The van der Waals surface area contributed by atoms with Crippen LogP contribution in [-0.4, -0.2) is 11.1 Å². The normalized spacial score (nSPS) is 12.3. The molecule has 5 heteroatoms. The fourth-order valence-corrected chi connectivity index (χ4v) is 3.65. The van der Waals surface area contributed by atoms with Crippen LogP contribution >= 0.6 is 43.2 Å². The number of aliphatic carboxylic acids is 1. The summed E-state index contributed by atoms with van der Waals surface area (Å²) in [6.45, 7) is 0. The minimum absolute atomic E-state index is 0.383. The average Bonchev–Trinajstić information content (AvgIpc) is 2.76. The maximum Gasteiger partial charge on any atom is 0.307 e. The Hall–Kier alpha value is -0.650. The summed E-state index contributed by atoms with van der Waals surface area (Å²) in [5.41, 5.74) is 1.05. The van der Waals surface area contributed by atoms with E-state index in [0.29, 0.717) is 12.8 Å². The highest BCUT2D eigenvalue weighted by molar-refractivity contribution is 9.10. The van der Waals surface area contributed by atoms with Crippen molar-refractivity contribution in [3.05, 3.63) is 55.1 Å². The summed E-state index contributed by atoms with van der Waals surface area (Å²) in [6.07, 6.45) is 1.12. The standard InChI is InChI=1S/C14H12Br2O2S/c15-11-3-1-9(2-4-11)5-10(14(17)18)6-13-7-12(16)8-19-13/h1-4,7-8,10H,5-6H2,(H,17,18). The number of halogens is 2. The van der Waals surface area contributed by atoms with E-state index in [4.69, 9.17) is 0 Å². The van der Waals surface area contributed by atoms with Gasteiger partial charge in [-0.2, -0.15) is 0 Å². The predicted octanol–water partition coefficient (Wildman–Crippen LogP) is 4.76. The molecule has 0 radical (unpaired) electrons. The maximum absolute atomic E-state index is 11.4. The van der Waals surface area contributed by atoms with Crippen LogP contribution in [0.4, 0.5) is 0 Å². The van der Waals surface area contributed by atoms with Gasteiger partial charge in [-0.1, -0.05) is 28.1 Å². The predicted molar refractivity (Wildman–Crippen MR) is 84.7 cm³/mol. The maximum atomic E-state index is 11.4. The number of benzene rings is 1. The van der Waals surface area contributed by atoms with E-state index < -0.39 is 5.97 Å². The first-order valence-corrected chi connectivity index (χ1v) is 8.21. The Kier molecular flexibility index (Phi) is 5.19. The molecule has 0 saturated carbocycles. The minimum atomic E-state index is -0.743. The van der Waals surface area contributed by atoms with Crippen LogP contribution in [0.1, 0.15) is 10.4 Å². The monoisotopic (exact) mass is 402 g/mol. The summed E-state index contributed by atoms with van der Waals surface area (Å²) in [5, 5.41) is 11.3. The third-order valence-corrected chi connectivity index (χ3v) is 5.06. The summed E-state index contributed by atoms with van der Waals surface area (Å²) < 4.78 is 2.02. The van der Waals surface area contributed by atoms with Crippen LogP contribution < -0.4 is 0 Å². The highest BCUT2D eigenvalue weighted by Crippen LogP contribution is 2.24. The molecule has 19 heavy (non-hydrogen) atoms. The van der Waals surface area contributed by atoms with E-state index in [1.54, 1.807) is 11.3 Å². The zero-order valence-electron chi connectivity index (χ0n) is 9.98. The molecule has 1 atom stereocenters. The van der Waals surface area contributed by atoms with Crippen molar-refractivity contribution in [3.8, 4) is 0 Å². The largest absolute Gasteiger partial charge is 0.481 e. The van der Waals surface area contributed by atoms with Gasteiger partial charge in [-0.25, -0.2) is 0 Å². The van der Waals surface area contributed by atoms with Gasteiger partial charge in [-0.3, -0.25) is 4.79 Å². The van der Waals surface area contributed by atoms with Crippen molar-refractivity contribution in [2.24, 2.45) is 5.92 Å². The molecule has 100 valence electrons. The Bertz CT molecular complexity index is 563. The van der Waals surface area contributed by atoms with E-state index in [0.717, 1.165) is 19.4 Å². The molecule has 0 amide bonds. The first-order chi connectivity index (χ1) is 9.04. The Morgan fingerprint density at radius 2 is 1.84 bits per heavy atom. The average molecular weight is 404 g/mol. The van der Waals surface area contributed by atoms with E-state index in [1.807, 2.05) is 35.7 Å². The second kappa shape index (κ2) is 6.68. The van der Waals surface area contributed by atoms with Gasteiger partial charge in [-0.15, -0.1) is 11.3 Å². The van der Waals surface area contributed by atoms with Crippen molar-refractivity contribution in [1.29, 1.82) is 0 Å². The molecule has 0 aliphatic rings. The summed E-state index contributed by atoms with van der Waals surface area (Å²) >= 11 is 8.36. The van der Waals surface area contributed by atoms with Crippen molar-refractivity contribution >= 4 is 49.2 Å². The lowest BCUT2D eigenvalue weighted by Gasteiger charge is -2.11. The molecule has 0 spiro atoms. The van der Waals surface area contributed by atoms with E-state index in [2.05, 4.69) is 31.9 Å². The second-order valence-electron chi connectivity index (χ2n) is 4.30. The topological polar surface area (TPSA) is 37.3 Å². The van der Waals surface area contributed by atoms with E-state index >= 15 is 0 Å². The van der Waals surface area contributed by atoms with Gasteiger partial charge in [0.05, 0.1) is 5.92 Å². The Labute approximate surface area is 132 Å². The first kappa shape index (κ1) is 14.8. The summed E-state index contributed by atoms with van der Waals surface area (Å²) in [6, 6.07) is 9.79. The van der Waals surface area contributed by atoms with Crippen molar-refractivity contribution in [3.63, 3.8) is 0 Å². The number of rotatable bonds is 5. The van der Waals surface area contributed by atoms with Gasteiger partial charge in [0.2, 0.25) is 0 Å². The quantitative estimate of drug-likeness (QED) is 0.781. The highest BCUT2D eigenvalue weighted by atomic mass is 79.9. The number of carboxylic acid groups (broad SMARTS) is 1. The zero-order valence-corrected chi connectivity index (χ0v) is 14.0. The molecule has 1 N–H and O–H groups in total. The molecule has 2 aromatic rings. The highest BCUT2D eigenvalue weighted by Gasteiger charge is 2.19. The lowest BCUT2D eigenvalue weighted by molar-refractivity contribution is -0.141. The van der Waals surface area contributed by atoms with Gasteiger partial charge in [-0.05, 0) is 52.5 Å². The van der Waals surface area contributed by atoms with Crippen LogP contribution in [-0.2, 0) is 17.6 Å². The van der Waals surface area contributed by atoms with Gasteiger partial charge in [0, 0.05) is 19.2 Å². The van der Waals surface area contributed by atoms with Crippen LogP contribution in [0.3, 0.4) is 0 Å². The molecule has 1 aromatic carbocycles. The van der Waals surface area contributed by atoms with E-state index in [1.165, 1.54) is 0 Å². The fraction of sp³-hybridized carbons (Fsp3) is 0.214. The molecule has 1 unspecified atom stereocenters. The zero-order chi connectivity index (χ0) is 13.8. The second-order valence-corrected chi connectivity index (χ2v) is 7.13. The van der Waals surface area contributed by atoms with E-state index in [9.17, 15) is 9.90 Å². The van der Waals surface area contributed by atoms with Crippen molar-refractivity contribution < 1.29 is 9.90 Å². The van der Waals surface area contributed by atoms with Gasteiger partial charge in [0.1, 0.15) is 0 Å². The Morgan fingerprint density at radius 1 is 1.16 bits per heavy atom. The lowest BCUT2D eigenvalue weighted by atomic mass is 9.96. The molecule has 0 saturated heterocycles. The number of carbonyl (C=O) groups is 1. The van der Waals surface area contributed by atoms with Gasteiger partial charge < -0.3 is 5.11 Å². The molecule has 2 rings (SSSR count). The molecule has 1 heterocycles. The third kappa shape index (κ3) is 4.44. The summed E-state index contributed by atoms with van der Waals surface area (Å²) in [7, 11) is 0. The summed E-state index contributed by atoms with van der Waals surface area (Å²) in [5.74, 6) is -1.13. The Morgan fingerprint density at radius 3 is 2.37 bits per heavy atom. The van der Waals surface area contributed by atoms with Gasteiger partial charge >= 0.3 is 5.97 Å². The molecule has 0 fully saturated rings. The lowest BCUT2D eigenvalue weighted by Crippen LogP contribution is -2.18. The number of hydrogen-bond donors (Lipinski definition) is 1. The molecular weight excluding hydrogens is 392 g/mol. The van der Waals surface area contributed by atoms with Crippen LogP contribution in [0.5, 0.6) is 0 Å². The molecule has 1 aromatic heterocycles. The Balaban J connectivity index is 2.08. The van der Waals surface area contributed by atoms with Crippen LogP contribution in [0, 0.1) is 5.92 Å². The fourth-order valence-electron chi connectivity index (χ4n) is 1.86. The smallest absolute Gasteiger partial charge is 0.307 e. The first-order valence-electron chi connectivity index (χ1n) is 5.75. The molecule has 0 bridgehead atoms. The van der Waals surface area contributed by atoms with Crippen molar-refractivity contribution in [2.75, 3.05) is 0 Å². The molecular formula is C14H12Br2O2S. The molecule has 0 aliphatic carbocycles. The van der Waals surface area contributed by atoms with Crippen molar-refractivity contribution in [1.82, 2.24) is 0 Å². The van der Waals surface area contributed by atoms with E-state index in [-0.39, 0.29) is 5.92 Å². The summed E-state index contributed by atoms with van der Waals surface area (Å²) in [4.78, 5) is 12.5. The number of thiophene rings is 1. The number of hydrogen-bond acceptors (Lipinski definition) is 2. The van der Waals surface area contributed by atoms with Gasteiger partial charge in [0.15, 0.2) is 0 Å². The molecule has 2 nitrogen and oxygen atoms in total. The van der Waals surface area contributed by atoms with Crippen LogP contribution in [0.2, 0.25) is 0 Å². The third-order valence-electron chi connectivity index (χ3n) is 2.81. The SMILES string of the molecule is O=C(O)C(Cc1ccc(Br)cc1)Cc1cc(Br)cs1. The minimum Gasteiger partial charge on any atom is -0.481 e. The van der Waals surface area contributed by atoms with Crippen molar-refractivity contribution in [2.45, 2.75) is 12.8 Å². The number of carboxylic acids is 1. The van der Waals surface area contributed by atoms with Crippen LogP contribution in [0.15, 0.2) is 44.7 Å².